The third kappa shape index (κ3) is 9.56. The normalized spacial score (nSPS) is 12.8. The molecule has 0 aliphatic heterocycles. The van der Waals surface area contributed by atoms with Crippen LogP contribution in [0.4, 0.5) is 17.6 Å². The molecule has 0 radical (unpaired) electrons. The van der Waals surface area contributed by atoms with Crippen molar-refractivity contribution in [3.05, 3.63) is 35.1 Å². The van der Waals surface area contributed by atoms with E-state index in [2.05, 4.69) is 6.92 Å². The summed E-state index contributed by atoms with van der Waals surface area (Å²) in [5.74, 6) is -2.06. The third-order valence-corrected chi connectivity index (χ3v) is 4.79. The Hall–Kier alpha value is -1.59. The van der Waals surface area contributed by atoms with Gasteiger partial charge >= 0.3 is 12.1 Å². The van der Waals surface area contributed by atoms with Crippen molar-refractivity contribution >= 4 is 5.97 Å². The van der Waals surface area contributed by atoms with Crippen molar-refractivity contribution in [2.24, 2.45) is 0 Å². The second-order valence-corrected chi connectivity index (χ2v) is 7.38. The van der Waals surface area contributed by atoms with Crippen LogP contribution in [0.1, 0.15) is 100 Å². The van der Waals surface area contributed by atoms with Crippen LogP contribution in [0.3, 0.4) is 0 Å². The van der Waals surface area contributed by atoms with E-state index in [0.717, 1.165) is 19.3 Å². The van der Waals surface area contributed by atoms with Crippen LogP contribution in [0, 0.1) is 5.82 Å². The van der Waals surface area contributed by atoms with E-state index in [9.17, 15) is 22.4 Å². The number of ether oxygens (including phenoxy) is 1. The minimum atomic E-state index is -4.63. The van der Waals surface area contributed by atoms with Gasteiger partial charge in [-0.1, -0.05) is 64.7 Å². The molecule has 0 aliphatic carbocycles. The first-order chi connectivity index (χ1) is 13.3. The standard InChI is InChI=1S/C22H32F4O2/c1-3-4-5-6-7-8-9-10-11-12-13-17(2)28-21(27)19-16-18(22(24,25)26)14-15-20(19)23/h14-17H,3-13H2,1-2H3. The topological polar surface area (TPSA) is 26.3 Å². The summed E-state index contributed by atoms with van der Waals surface area (Å²) < 4.78 is 57.0. The Balaban J connectivity index is 2.27. The van der Waals surface area contributed by atoms with E-state index in [1.54, 1.807) is 6.92 Å². The Morgan fingerprint density at radius 1 is 0.964 bits per heavy atom. The van der Waals surface area contributed by atoms with Gasteiger partial charge in [0.25, 0.3) is 0 Å². The molecule has 2 nitrogen and oxygen atoms in total. The zero-order chi connectivity index (χ0) is 21.0. The molecule has 0 aromatic heterocycles. The minimum Gasteiger partial charge on any atom is -0.459 e. The third-order valence-electron chi connectivity index (χ3n) is 4.79. The predicted molar refractivity (Wildman–Crippen MR) is 103 cm³/mol. The molecule has 0 fully saturated rings. The number of benzene rings is 1. The lowest BCUT2D eigenvalue weighted by Crippen LogP contribution is -2.17. The molecule has 0 aliphatic rings. The number of carbonyl (C=O) groups excluding carboxylic acids is 1. The molecule has 0 spiro atoms. The van der Waals surface area contributed by atoms with E-state index in [-0.39, 0.29) is 0 Å². The lowest BCUT2D eigenvalue weighted by Gasteiger charge is -2.14. The molecule has 1 aromatic rings. The van der Waals surface area contributed by atoms with Gasteiger partial charge in [-0.2, -0.15) is 13.2 Å². The maximum absolute atomic E-state index is 13.7. The van der Waals surface area contributed by atoms with Crippen molar-refractivity contribution in [1.82, 2.24) is 0 Å². The first-order valence-corrected chi connectivity index (χ1v) is 10.3. The molecule has 0 N–H and O–H groups in total. The Morgan fingerprint density at radius 2 is 1.50 bits per heavy atom. The number of carbonyl (C=O) groups is 1. The predicted octanol–water partition coefficient (Wildman–Crippen LogP) is 7.70. The van der Waals surface area contributed by atoms with Gasteiger partial charge in [0.2, 0.25) is 0 Å². The Labute approximate surface area is 165 Å². The van der Waals surface area contributed by atoms with Crippen molar-refractivity contribution in [2.75, 3.05) is 0 Å². The monoisotopic (exact) mass is 404 g/mol. The van der Waals surface area contributed by atoms with Gasteiger partial charge in [-0.3, -0.25) is 0 Å². The van der Waals surface area contributed by atoms with Crippen molar-refractivity contribution in [1.29, 1.82) is 0 Å². The Morgan fingerprint density at radius 3 is 2.04 bits per heavy atom. The molecule has 0 saturated carbocycles. The van der Waals surface area contributed by atoms with Crippen molar-refractivity contribution in [3.8, 4) is 0 Å². The van der Waals surface area contributed by atoms with Crippen LogP contribution in [-0.4, -0.2) is 12.1 Å². The van der Waals surface area contributed by atoms with Gasteiger partial charge in [0.1, 0.15) is 5.82 Å². The van der Waals surface area contributed by atoms with E-state index in [4.69, 9.17) is 4.74 Å². The Kier molecular flexibility index (Phi) is 11.2. The molecular formula is C22H32F4O2. The summed E-state index contributed by atoms with van der Waals surface area (Å²) >= 11 is 0. The average Bonchev–Trinajstić information content (AvgIpc) is 2.62. The van der Waals surface area contributed by atoms with Gasteiger partial charge in [-0.15, -0.1) is 0 Å². The van der Waals surface area contributed by atoms with Crippen LogP contribution in [0.5, 0.6) is 0 Å². The largest absolute Gasteiger partial charge is 0.459 e. The van der Waals surface area contributed by atoms with Gasteiger partial charge in [-0.05, 0) is 38.0 Å². The van der Waals surface area contributed by atoms with Gasteiger partial charge < -0.3 is 4.74 Å². The minimum absolute atomic E-state index is 0.463. The summed E-state index contributed by atoms with van der Waals surface area (Å²) in [5.41, 5.74) is -1.74. The molecule has 1 atom stereocenters. The highest BCUT2D eigenvalue weighted by molar-refractivity contribution is 5.90. The van der Waals surface area contributed by atoms with Crippen LogP contribution in [0.15, 0.2) is 18.2 Å². The van der Waals surface area contributed by atoms with E-state index in [0.29, 0.717) is 24.6 Å². The molecule has 1 rings (SSSR count). The van der Waals surface area contributed by atoms with E-state index >= 15 is 0 Å². The number of alkyl halides is 3. The van der Waals surface area contributed by atoms with Crippen molar-refractivity contribution < 1.29 is 27.1 Å². The number of hydrogen-bond donors (Lipinski definition) is 0. The summed E-state index contributed by atoms with van der Waals surface area (Å²) in [6.45, 7) is 3.88. The first-order valence-electron chi connectivity index (χ1n) is 10.3. The average molecular weight is 404 g/mol. The van der Waals surface area contributed by atoms with Crippen LogP contribution in [-0.2, 0) is 10.9 Å². The maximum atomic E-state index is 13.7. The zero-order valence-corrected chi connectivity index (χ0v) is 16.9. The summed E-state index contributed by atoms with van der Waals surface area (Å²) in [6.07, 6.45) is 7.40. The number of halogens is 4. The van der Waals surface area contributed by atoms with Crippen LogP contribution in [0.2, 0.25) is 0 Å². The number of hydrogen-bond acceptors (Lipinski definition) is 2. The SMILES string of the molecule is CCCCCCCCCCCCC(C)OC(=O)c1cc(C(F)(F)F)ccc1F. The lowest BCUT2D eigenvalue weighted by atomic mass is 10.0. The van der Waals surface area contributed by atoms with Gasteiger partial charge in [0.05, 0.1) is 17.2 Å². The highest BCUT2D eigenvalue weighted by atomic mass is 19.4. The fourth-order valence-electron chi connectivity index (χ4n) is 3.08. The number of rotatable bonds is 13. The molecule has 0 saturated heterocycles. The molecule has 6 heteroatoms. The molecule has 0 amide bonds. The molecule has 28 heavy (non-hydrogen) atoms. The summed E-state index contributed by atoms with van der Waals surface area (Å²) in [4.78, 5) is 12.0. The highest BCUT2D eigenvalue weighted by Gasteiger charge is 2.32. The molecule has 1 unspecified atom stereocenters. The van der Waals surface area contributed by atoms with Crippen LogP contribution < -0.4 is 0 Å². The van der Waals surface area contributed by atoms with E-state index in [1.807, 2.05) is 0 Å². The first kappa shape index (κ1) is 24.4. The quantitative estimate of drug-likeness (QED) is 0.191. The smallest absolute Gasteiger partial charge is 0.416 e. The fourth-order valence-corrected chi connectivity index (χ4v) is 3.08. The second-order valence-electron chi connectivity index (χ2n) is 7.38. The summed E-state index contributed by atoms with van der Waals surface area (Å²) in [5, 5.41) is 0. The zero-order valence-electron chi connectivity index (χ0n) is 16.9. The lowest BCUT2D eigenvalue weighted by molar-refractivity contribution is -0.137. The second kappa shape index (κ2) is 12.8. The van der Waals surface area contributed by atoms with Gasteiger partial charge in [0, 0.05) is 0 Å². The number of esters is 1. The fraction of sp³-hybridized carbons (Fsp3) is 0.682. The molecule has 1 aromatic carbocycles. The van der Waals surface area contributed by atoms with Crippen molar-refractivity contribution in [3.63, 3.8) is 0 Å². The molecular weight excluding hydrogens is 372 g/mol. The van der Waals surface area contributed by atoms with Gasteiger partial charge in [-0.25, -0.2) is 9.18 Å². The van der Waals surface area contributed by atoms with E-state index < -0.39 is 35.2 Å². The molecule has 0 heterocycles. The van der Waals surface area contributed by atoms with Crippen LogP contribution in [0.25, 0.3) is 0 Å². The van der Waals surface area contributed by atoms with Gasteiger partial charge in [0.15, 0.2) is 0 Å². The maximum Gasteiger partial charge on any atom is 0.416 e. The molecule has 160 valence electrons. The highest BCUT2D eigenvalue weighted by Crippen LogP contribution is 2.30. The number of unbranched alkanes of at least 4 members (excludes halogenated alkanes) is 9. The molecule has 0 bridgehead atoms. The van der Waals surface area contributed by atoms with E-state index in [1.165, 1.54) is 44.9 Å². The summed E-state index contributed by atoms with van der Waals surface area (Å²) in [7, 11) is 0. The van der Waals surface area contributed by atoms with Crippen molar-refractivity contribution in [2.45, 2.75) is 96.8 Å². The summed E-state index contributed by atoms with van der Waals surface area (Å²) in [6, 6.07) is 1.76. The van der Waals surface area contributed by atoms with Crippen LogP contribution >= 0.6 is 0 Å². The Bertz CT molecular complexity index is 584.